The number of hydrogen-bond donors (Lipinski definition) is 2. The first-order chi connectivity index (χ1) is 9.90. The van der Waals surface area contributed by atoms with E-state index in [4.69, 9.17) is 5.73 Å². The maximum absolute atomic E-state index is 13.4. The van der Waals surface area contributed by atoms with Gasteiger partial charge < -0.3 is 11.1 Å². The van der Waals surface area contributed by atoms with Crippen LogP contribution in [0.1, 0.15) is 32.6 Å². The first-order valence-corrected chi connectivity index (χ1v) is 6.73. The largest absolute Gasteiger partial charge is 0.330 e. The molecular formula is C14H18F4N2O. The monoisotopic (exact) mass is 306 g/mol. The average molecular weight is 306 g/mol. The Hall–Kier alpha value is -1.63. The molecular weight excluding hydrogens is 288 g/mol. The number of amides is 1. The number of carbonyl (C=O) groups excluding carboxylic acids is 1. The molecule has 1 amide bonds. The van der Waals surface area contributed by atoms with E-state index >= 15 is 0 Å². The van der Waals surface area contributed by atoms with Gasteiger partial charge in [0.15, 0.2) is 23.3 Å². The van der Waals surface area contributed by atoms with Crippen LogP contribution >= 0.6 is 0 Å². The Labute approximate surface area is 120 Å². The summed E-state index contributed by atoms with van der Waals surface area (Å²) in [6.07, 6.45) is 2.04. The number of halogens is 4. The van der Waals surface area contributed by atoms with Gasteiger partial charge in [0.1, 0.15) is 5.69 Å². The number of carbonyl (C=O) groups is 1. The van der Waals surface area contributed by atoms with Crippen LogP contribution in [0.15, 0.2) is 6.07 Å². The van der Waals surface area contributed by atoms with Gasteiger partial charge in [0.25, 0.3) is 0 Å². The van der Waals surface area contributed by atoms with Gasteiger partial charge in [-0.25, -0.2) is 17.6 Å². The van der Waals surface area contributed by atoms with Crippen molar-refractivity contribution in [1.82, 2.24) is 0 Å². The van der Waals surface area contributed by atoms with E-state index in [9.17, 15) is 22.4 Å². The third-order valence-corrected chi connectivity index (χ3v) is 3.31. The molecule has 0 aromatic heterocycles. The summed E-state index contributed by atoms with van der Waals surface area (Å²) in [4.78, 5) is 11.6. The summed E-state index contributed by atoms with van der Waals surface area (Å²) in [7, 11) is 0. The van der Waals surface area contributed by atoms with Crippen molar-refractivity contribution in [3.05, 3.63) is 29.3 Å². The molecule has 0 aliphatic rings. The van der Waals surface area contributed by atoms with Crippen LogP contribution in [0.2, 0.25) is 0 Å². The highest BCUT2D eigenvalue weighted by molar-refractivity contribution is 5.91. The van der Waals surface area contributed by atoms with Crippen molar-refractivity contribution in [2.45, 2.75) is 32.6 Å². The fourth-order valence-corrected chi connectivity index (χ4v) is 2.01. The molecule has 0 saturated heterocycles. The van der Waals surface area contributed by atoms with Crippen molar-refractivity contribution < 1.29 is 22.4 Å². The van der Waals surface area contributed by atoms with Gasteiger partial charge in [-0.1, -0.05) is 13.3 Å². The van der Waals surface area contributed by atoms with E-state index < -0.39 is 34.9 Å². The zero-order valence-corrected chi connectivity index (χ0v) is 11.7. The number of hydrogen-bond acceptors (Lipinski definition) is 2. The van der Waals surface area contributed by atoms with Gasteiger partial charge in [0.2, 0.25) is 5.91 Å². The molecule has 0 aliphatic heterocycles. The van der Waals surface area contributed by atoms with Crippen LogP contribution in [-0.4, -0.2) is 12.5 Å². The van der Waals surface area contributed by atoms with Gasteiger partial charge in [0, 0.05) is 12.5 Å². The molecule has 3 N–H and O–H groups in total. The fraction of sp³-hybridized carbons (Fsp3) is 0.500. The molecule has 0 spiro atoms. The van der Waals surface area contributed by atoms with E-state index in [0.29, 0.717) is 13.0 Å². The Morgan fingerprint density at radius 2 is 1.76 bits per heavy atom. The molecule has 1 aromatic rings. The lowest BCUT2D eigenvalue weighted by molar-refractivity contribution is -0.116. The molecule has 7 heteroatoms. The van der Waals surface area contributed by atoms with Crippen LogP contribution < -0.4 is 11.1 Å². The predicted octanol–water partition coefficient (Wildman–Crippen LogP) is 3.34. The van der Waals surface area contributed by atoms with Crippen LogP contribution in [-0.2, 0) is 4.79 Å². The quantitative estimate of drug-likeness (QED) is 0.599. The summed E-state index contributed by atoms with van der Waals surface area (Å²) >= 11 is 0. The van der Waals surface area contributed by atoms with Crippen molar-refractivity contribution in [2.75, 3.05) is 11.9 Å². The molecule has 0 saturated carbocycles. The SMILES string of the molecule is CCC(CCN)CCC(=O)Nc1c(F)c(F)cc(F)c1F. The lowest BCUT2D eigenvalue weighted by atomic mass is 9.96. The predicted molar refractivity (Wildman–Crippen MR) is 71.6 cm³/mol. The number of nitrogens with two attached hydrogens (primary N) is 1. The maximum Gasteiger partial charge on any atom is 0.224 e. The average Bonchev–Trinajstić information content (AvgIpc) is 2.45. The molecule has 1 rings (SSSR count). The van der Waals surface area contributed by atoms with Crippen LogP contribution in [0.25, 0.3) is 0 Å². The standard InChI is InChI=1S/C14H18F4N2O/c1-2-8(5-6-19)3-4-11(21)20-14-12(17)9(15)7-10(16)13(14)18/h7-8H,2-6,19H2,1H3,(H,20,21). The van der Waals surface area contributed by atoms with E-state index in [1.165, 1.54) is 0 Å². The molecule has 0 heterocycles. The Bertz CT molecular complexity index is 482. The second-order valence-corrected chi connectivity index (χ2v) is 4.78. The molecule has 118 valence electrons. The Balaban J connectivity index is 2.71. The van der Waals surface area contributed by atoms with Gasteiger partial charge in [-0.15, -0.1) is 0 Å². The molecule has 0 bridgehead atoms. The molecule has 3 nitrogen and oxygen atoms in total. The zero-order valence-electron chi connectivity index (χ0n) is 11.7. The Morgan fingerprint density at radius 1 is 1.19 bits per heavy atom. The van der Waals surface area contributed by atoms with Crippen LogP contribution in [0.5, 0.6) is 0 Å². The third kappa shape index (κ3) is 4.70. The summed E-state index contributed by atoms with van der Waals surface area (Å²) in [5.41, 5.74) is 4.33. The molecule has 1 aromatic carbocycles. The first-order valence-electron chi connectivity index (χ1n) is 6.73. The normalized spacial score (nSPS) is 12.3. The van der Waals surface area contributed by atoms with Crippen molar-refractivity contribution in [1.29, 1.82) is 0 Å². The summed E-state index contributed by atoms with van der Waals surface area (Å²) in [6, 6.07) is 0.0919. The molecule has 0 radical (unpaired) electrons. The molecule has 1 atom stereocenters. The van der Waals surface area contributed by atoms with E-state index in [1.54, 1.807) is 0 Å². The summed E-state index contributed by atoms with van der Waals surface area (Å²) in [5.74, 6) is -6.82. The second kappa shape index (κ2) is 7.97. The molecule has 0 aliphatic carbocycles. The summed E-state index contributed by atoms with van der Waals surface area (Å²) < 4.78 is 52.7. The summed E-state index contributed by atoms with van der Waals surface area (Å²) in [5, 5.41) is 1.88. The molecule has 0 fully saturated rings. The van der Waals surface area contributed by atoms with E-state index in [-0.39, 0.29) is 18.4 Å². The lowest BCUT2D eigenvalue weighted by Crippen LogP contribution is -2.17. The summed E-state index contributed by atoms with van der Waals surface area (Å²) in [6.45, 7) is 2.43. The van der Waals surface area contributed by atoms with Gasteiger partial charge in [-0.05, 0) is 25.3 Å². The minimum absolute atomic E-state index is 0.00445. The Morgan fingerprint density at radius 3 is 2.24 bits per heavy atom. The molecule has 1 unspecified atom stereocenters. The Kier molecular flexibility index (Phi) is 6.61. The second-order valence-electron chi connectivity index (χ2n) is 4.78. The number of rotatable bonds is 7. The van der Waals surface area contributed by atoms with Gasteiger partial charge in [-0.3, -0.25) is 4.79 Å². The first kappa shape index (κ1) is 17.4. The van der Waals surface area contributed by atoms with Gasteiger partial charge >= 0.3 is 0 Å². The van der Waals surface area contributed by atoms with Crippen LogP contribution in [0, 0.1) is 29.2 Å². The molecule has 21 heavy (non-hydrogen) atoms. The van der Waals surface area contributed by atoms with Crippen LogP contribution in [0.4, 0.5) is 23.2 Å². The topological polar surface area (TPSA) is 55.1 Å². The number of nitrogens with one attached hydrogen (secondary N) is 1. The highest BCUT2D eigenvalue weighted by Gasteiger charge is 2.21. The van der Waals surface area contributed by atoms with Gasteiger partial charge in [-0.2, -0.15) is 0 Å². The van der Waals surface area contributed by atoms with Crippen molar-refractivity contribution in [2.24, 2.45) is 11.7 Å². The van der Waals surface area contributed by atoms with E-state index in [0.717, 1.165) is 12.8 Å². The minimum atomic E-state index is -1.61. The zero-order chi connectivity index (χ0) is 16.0. The number of anilines is 1. The van der Waals surface area contributed by atoms with E-state index in [2.05, 4.69) is 0 Å². The minimum Gasteiger partial charge on any atom is -0.330 e. The van der Waals surface area contributed by atoms with Crippen LogP contribution in [0.3, 0.4) is 0 Å². The highest BCUT2D eigenvalue weighted by Crippen LogP contribution is 2.24. The highest BCUT2D eigenvalue weighted by atomic mass is 19.2. The van der Waals surface area contributed by atoms with Crippen molar-refractivity contribution in [3.8, 4) is 0 Å². The van der Waals surface area contributed by atoms with Crippen molar-refractivity contribution >= 4 is 11.6 Å². The lowest BCUT2D eigenvalue weighted by Gasteiger charge is -2.13. The third-order valence-electron chi connectivity index (χ3n) is 3.31. The van der Waals surface area contributed by atoms with E-state index in [1.807, 2.05) is 12.2 Å². The maximum atomic E-state index is 13.4. The number of benzene rings is 1. The van der Waals surface area contributed by atoms with Gasteiger partial charge in [0.05, 0.1) is 0 Å². The smallest absolute Gasteiger partial charge is 0.224 e. The fourth-order valence-electron chi connectivity index (χ4n) is 2.01. The van der Waals surface area contributed by atoms with Crippen molar-refractivity contribution in [3.63, 3.8) is 0 Å².